The molecule has 4 aliphatic rings. The minimum Gasteiger partial charge on any atom is -0.340 e. The maximum atomic E-state index is 14.4. The van der Waals surface area contributed by atoms with Crippen molar-refractivity contribution in [3.63, 3.8) is 0 Å². The number of hydrogen-bond acceptors (Lipinski definition) is 3. The zero-order valence-corrected chi connectivity index (χ0v) is 22.9. The van der Waals surface area contributed by atoms with Crippen LogP contribution in [0.5, 0.6) is 0 Å². The Hall–Kier alpha value is -3.23. The Labute approximate surface area is 235 Å². The molecule has 0 radical (unpaired) electrons. The number of amides is 1. The molecule has 1 spiro atoms. The predicted octanol–water partition coefficient (Wildman–Crippen LogP) is 6.09. The van der Waals surface area contributed by atoms with E-state index >= 15 is 0 Å². The van der Waals surface area contributed by atoms with Crippen LogP contribution in [0.2, 0.25) is 0 Å². The molecular weight excluding hydrogens is 534 g/mol. The van der Waals surface area contributed by atoms with E-state index in [1.54, 1.807) is 11.0 Å². The van der Waals surface area contributed by atoms with Crippen molar-refractivity contribution >= 4 is 22.5 Å². The van der Waals surface area contributed by atoms with Gasteiger partial charge in [-0.3, -0.25) is 9.59 Å². The molecular formula is C32H33F4N3O2. The standard InChI is InChI=1S/C32H33F4N3O2/c33-23-9-8-20-14-24-22(12-21(20)13-23)16-31(17-38(18-31)30(41)19-6-7-19)29(40)25(24)15-28-37-26-4-1-2-5-27(26)39(28)11-3-10-32(34,35)36/h8-9,12-14,19,25H,1-7,10-11,15-18H2. The third kappa shape index (κ3) is 4.85. The molecule has 5 nitrogen and oxygen atoms in total. The van der Waals surface area contributed by atoms with Crippen LogP contribution < -0.4 is 0 Å². The van der Waals surface area contributed by atoms with E-state index in [2.05, 4.69) is 0 Å². The number of imidazole rings is 1. The van der Waals surface area contributed by atoms with E-state index in [9.17, 15) is 27.2 Å². The van der Waals surface area contributed by atoms with Gasteiger partial charge in [-0.05, 0) is 85.4 Å². The van der Waals surface area contributed by atoms with Gasteiger partial charge in [-0.15, -0.1) is 0 Å². The van der Waals surface area contributed by atoms with E-state index < -0.39 is 23.9 Å². The minimum absolute atomic E-state index is 0.0348. The number of alkyl halides is 3. The SMILES string of the molecule is O=C(C1CC1)N1CC2(Cc3cc4cc(F)ccc4cc3C(Cc3nc4c(n3CCCC(F)(F)F)CCCC4)C2=O)C1. The summed E-state index contributed by atoms with van der Waals surface area (Å²) in [7, 11) is 0. The fourth-order valence-corrected chi connectivity index (χ4v) is 7.37. The third-order valence-corrected chi connectivity index (χ3v) is 9.57. The maximum Gasteiger partial charge on any atom is 0.389 e. The molecule has 3 aliphatic carbocycles. The summed E-state index contributed by atoms with van der Waals surface area (Å²) in [6.07, 6.45) is 1.03. The first-order chi connectivity index (χ1) is 19.6. The molecule has 1 unspecified atom stereocenters. The molecule has 1 saturated heterocycles. The number of benzene rings is 2. The lowest BCUT2D eigenvalue weighted by molar-refractivity contribution is -0.155. The van der Waals surface area contributed by atoms with Gasteiger partial charge in [-0.1, -0.05) is 18.2 Å². The summed E-state index contributed by atoms with van der Waals surface area (Å²) < 4.78 is 55.1. The fourth-order valence-electron chi connectivity index (χ4n) is 7.37. The number of aryl methyl sites for hydroxylation is 1. The number of ketones is 1. The Morgan fingerprint density at radius 2 is 1.83 bits per heavy atom. The summed E-state index contributed by atoms with van der Waals surface area (Å²) in [6.45, 7) is 0.986. The number of aromatic nitrogens is 2. The van der Waals surface area contributed by atoms with Crippen LogP contribution in [0.3, 0.4) is 0 Å². The first-order valence-corrected chi connectivity index (χ1v) is 14.8. The first-order valence-electron chi connectivity index (χ1n) is 14.8. The van der Waals surface area contributed by atoms with Crippen LogP contribution in [0.25, 0.3) is 10.8 Å². The second-order valence-corrected chi connectivity index (χ2v) is 12.6. The lowest BCUT2D eigenvalue weighted by Crippen LogP contribution is -2.65. The molecule has 2 aromatic carbocycles. The smallest absolute Gasteiger partial charge is 0.340 e. The monoisotopic (exact) mass is 567 g/mol. The van der Waals surface area contributed by atoms with Crippen molar-refractivity contribution in [2.24, 2.45) is 11.3 Å². The fraction of sp³-hybridized carbons (Fsp3) is 0.531. The molecule has 1 amide bonds. The van der Waals surface area contributed by atoms with Crippen LogP contribution in [0.15, 0.2) is 30.3 Å². The summed E-state index contributed by atoms with van der Waals surface area (Å²) in [5.41, 5.74) is 3.11. The summed E-state index contributed by atoms with van der Waals surface area (Å²) in [5, 5.41) is 1.60. The lowest BCUT2D eigenvalue weighted by Gasteiger charge is -2.53. The zero-order chi connectivity index (χ0) is 28.5. The highest BCUT2D eigenvalue weighted by molar-refractivity contribution is 5.98. The second kappa shape index (κ2) is 9.66. The molecule has 1 aromatic heterocycles. The van der Waals surface area contributed by atoms with Crippen molar-refractivity contribution in [3.05, 3.63) is 64.5 Å². The molecule has 1 aliphatic heterocycles. The van der Waals surface area contributed by atoms with Crippen LogP contribution >= 0.6 is 0 Å². The number of carbonyl (C=O) groups is 2. The average molecular weight is 568 g/mol. The predicted molar refractivity (Wildman–Crippen MR) is 145 cm³/mol. The second-order valence-electron chi connectivity index (χ2n) is 12.6. The van der Waals surface area contributed by atoms with Gasteiger partial charge in [0.1, 0.15) is 11.6 Å². The summed E-state index contributed by atoms with van der Waals surface area (Å²) in [5.74, 6) is 0.0956. The van der Waals surface area contributed by atoms with Gasteiger partial charge in [-0.25, -0.2) is 9.37 Å². The number of rotatable bonds is 6. The van der Waals surface area contributed by atoms with E-state index in [4.69, 9.17) is 4.98 Å². The van der Waals surface area contributed by atoms with E-state index in [1.807, 2.05) is 16.7 Å². The van der Waals surface area contributed by atoms with Crippen molar-refractivity contribution in [1.82, 2.24) is 14.5 Å². The molecule has 0 N–H and O–H groups in total. The first kappa shape index (κ1) is 26.7. The summed E-state index contributed by atoms with van der Waals surface area (Å²) in [6, 6.07) is 8.57. The molecule has 216 valence electrons. The number of nitrogens with zero attached hydrogens (tertiary/aromatic N) is 3. The topological polar surface area (TPSA) is 55.2 Å². The highest BCUT2D eigenvalue weighted by atomic mass is 19.4. The highest BCUT2D eigenvalue weighted by Gasteiger charge is 2.56. The molecule has 2 fully saturated rings. The Morgan fingerprint density at radius 3 is 2.59 bits per heavy atom. The molecule has 0 bridgehead atoms. The average Bonchev–Trinajstić information content (AvgIpc) is 3.70. The van der Waals surface area contributed by atoms with Crippen molar-refractivity contribution in [2.75, 3.05) is 13.1 Å². The van der Waals surface area contributed by atoms with Gasteiger partial charge in [0.2, 0.25) is 5.91 Å². The Bertz CT molecular complexity index is 1550. The maximum absolute atomic E-state index is 14.4. The highest BCUT2D eigenvalue weighted by Crippen LogP contribution is 2.48. The summed E-state index contributed by atoms with van der Waals surface area (Å²) in [4.78, 5) is 33.8. The number of Topliss-reactive ketones (excluding diaryl/α,β-unsaturated/α-hetero) is 1. The van der Waals surface area contributed by atoms with Crippen LogP contribution in [-0.4, -0.2) is 45.4 Å². The van der Waals surface area contributed by atoms with Gasteiger partial charge in [0.05, 0.1) is 17.0 Å². The van der Waals surface area contributed by atoms with E-state index in [-0.39, 0.29) is 36.4 Å². The van der Waals surface area contributed by atoms with Crippen LogP contribution in [0.4, 0.5) is 17.6 Å². The number of hydrogen-bond donors (Lipinski definition) is 0. The van der Waals surface area contributed by atoms with Crippen molar-refractivity contribution < 1.29 is 27.2 Å². The number of likely N-dealkylation sites (tertiary alicyclic amines) is 1. The summed E-state index contributed by atoms with van der Waals surface area (Å²) >= 11 is 0. The quantitative estimate of drug-likeness (QED) is 0.339. The van der Waals surface area contributed by atoms with Crippen LogP contribution in [0, 0.1) is 17.2 Å². The third-order valence-electron chi connectivity index (χ3n) is 9.57. The van der Waals surface area contributed by atoms with Crippen molar-refractivity contribution in [2.45, 2.75) is 82.8 Å². The Balaban J connectivity index is 1.26. The van der Waals surface area contributed by atoms with Gasteiger partial charge in [0, 0.05) is 44.1 Å². The largest absolute Gasteiger partial charge is 0.389 e. The van der Waals surface area contributed by atoms with Gasteiger partial charge >= 0.3 is 6.18 Å². The zero-order valence-electron chi connectivity index (χ0n) is 22.9. The molecule has 2 heterocycles. The van der Waals surface area contributed by atoms with E-state index in [0.717, 1.165) is 71.8 Å². The van der Waals surface area contributed by atoms with Gasteiger partial charge in [0.25, 0.3) is 0 Å². The van der Waals surface area contributed by atoms with Crippen LogP contribution in [0.1, 0.15) is 72.8 Å². The normalized spacial score (nSPS) is 21.6. The Morgan fingerprint density at radius 1 is 1.05 bits per heavy atom. The molecule has 9 heteroatoms. The van der Waals surface area contributed by atoms with Crippen LogP contribution in [-0.2, 0) is 41.8 Å². The molecule has 3 aromatic rings. The minimum atomic E-state index is -4.22. The molecule has 7 rings (SSSR count). The Kier molecular flexibility index (Phi) is 6.28. The van der Waals surface area contributed by atoms with E-state index in [1.165, 1.54) is 12.1 Å². The van der Waals surface area contributed by atoms with E-state index in [0.29, 0.717) is 31.8 Å². The molecule has 1 saturated carbocycles. The van der Waals surface area contributed by atoms with Gasteiger partial charge < -0.3 is 9.47 Å². The number of fused-ring (bicyclic) bond motifs is 3. The number of halogens is 4. The molecule has 41 heavy (non-hydrogen) atoms. The lowest BCUT2D eigenvalue weighted by atomic mass is 9.61. The molecule has 1 atom stereocenters. The van der Waals surface area contributed by atoms with Gasteiger partial charge in [-0.2, -0.15) is 13.2 Å². The van der Waals surface area contributed by atoms with Crippen molar-refractivity contribution in [3.8, 4) is 0 Å². The van der Waals surface area contributed by atoms with Crippen molar-refractivity contribution in [1.29, 1.82) is 0 Å². The van der Waals surface area contributed by atoms with Gasteiger partial charge in [0.15, 0.2) is 5.78 Å². The number of carbonyl (C=O) groups excluding carboxylic acids is 2.